The molecule has 0 aromatic carbocycles. The summed E-state index contributed by atoms with van der Waals surface area (Å²) in [6.07, 6.45) is -4.14. The first kappa shape index (κ1) is 10.2. The van der Waals surface area contributed by atoms with Crippen molar-refractivity contribution < 1.29 is 13.2 Å². The van der Waals surface area contributed by atoms with E-state index in [9.17, 15) is 13.2 Å². The summed E-state index contributed by atoms with van der Waals surface area (Å²) in [5.74, 6) is 0.0971. The van der Waals surface area contributed by atoms with Crippen molar-refractivity contribution in [1.82, 2.24) is 9.97 Å². The van der Waals surface area contributed by atoms with Gasteiger partial charge in [-0.3, -0.25) is 0 Å². The van der Waals surface area contributed by atoms with Crippen molar-refractivity contribution in [1.29, 1.82) is 0 Å². The van der Waals surface area contributed by atoms with E-state index in [0.717, 1.165) is 0 Å². The Morgan fingerprint density at radius 3 is 2.46 bits per heavy atom. The van der Waals surface area contributed by atoms with E-state index < -0.39 is 11.9 Å². The fourth-order valence-electron chi connectivity index (χ4n) is 0.768. The van der Waals surface area contributed by atoms with Crippen molar-refractivity contribution in [2.75, 3.05) is 0 Å². The Kier molecular flexibility index (Phi) is 2.75. The summed E-state index contributed by atoms with van der Waals surface area (Å²) in [5, 5.41) is -0.181. The molecule has 0 aliphatic rings. The number of halogens is 4. The van der Waals surface area contributed by atoms with Crippen LogP contribution in [0.5, 0.6) is 0 Å². The normalized spacial score (nSPS) is 11.8. The van der Waals surface area contributed by atoms with Gasteiger partial charge in [0.2, 0.25) is 0 Å². The maximum Gasteiger partial charge on any atom is 0.433 e. The lowest BCUT2D eigenvalue weighted by Crippen LogP contribution is -2.10. The molecule has 0 fully saturated rings. The SMILES string of the molecule is CCc1nc(Cl)cc(C(F)(F)F)n1. The van der Waals surface area contributed by atoms with Crippen molar-refractivity contribution in [3.8, 4) is 0 Å². The van der Waals surface area contributed by atoms with Crippen molar-refractivity contribution in [3.05, 3.63) is 22.7 Å². The largest absolute Gasteiger partial charge is 0.433 e. The zero-order valence-corrected chi connectivity index (χ0v) is 7.45. The van der Waals surface area contributed by atoms with E-state index in [0.29, 0.717) is 12.5 Å². The highest BCUT2D eigenvalue weighted by atomic mass is 35.5. The van der Waals surface area contributed by atoms with Crippen molar-refractivity contribution in [2.24, 2.45) is 0 Å². The Morgan fingerprint density at radius 1 is 1.38 bits per heavy atom. The number of aryl methyl sites for hydroxylation is 1. The number of hydrogen-bond acceptors (Lipinski definition) is 2. The minimum Gasteiger partial charge on any atom is -0.228 e. The predicted molar refractivity (Wildman–Crippen MR) is 41.4 cm³/mol. The molecule has 0 unspecified atom stereocenters. The van der Waals surface area contributed by atoms with E-state index in [1.165, 1.54) is 0 Å². The lowest BCUT2D eigenvalue weighted by molar-refractivity contribution is -0.141. The zero-order chi connectivity index (χ0) is 10.1. The van der Waals surface area contributed by atoms with Gasteiger partial charge in [-0.1, -0.05) is 18.5 Å². The fraction of sp³-hybridized carbons (Fsp3) is 0.429. The first-order chi connectivity index (χ1) is 5.93. The molecular weight excluding hydrogens is 205 g/mol. The number of rotatable bonds is 1. The predicted octanol–water partition coefficient (Wildman–Crippen LogP) is 2.71. The molecular formula is C7H6ClF3N2. The van der Waals surface area contributed by atoms with Crippen LogP contribution in [0.4, 0.5) is 13.2 Å². The maximum absolute atomic E-state index is 12.1. The highest BCUT2D eigenvalue weighted by molar-refractivity contribution is 6.29. The first-order valence-electron chi connectivity index (χ1n) is 3.54. The molecule has 2 nitrogen and oxygen atoms in total. The van der Waals surface area contributed by atoms with Crippen molar-refractivity contribution in [2.45, 2.75) is 19.5 Å². The average Bonchev–Trinajstić information content (AvgIpc) is 2.01. The van der Waals surface area contributed by atoms with Gasteiger partial charge in [0.15, 0.2) is 0 Å². The van der Waals surface area contributed by atoms with Gasteiger partial charge in [0, 0.05) is 12.5 Å². The Bertz CT molecular complexity index is 311. The van der Waals surface area contributed by atoms with Crippen molar-refractivity contribution >= 4 is 11.6 Å². The molecule has 0 N–H and O–H groups in total. The number of hydrogen-bond donors (Lipinski definition) is 0. The monoisotopic (exact) mass is 210 g/mol. The molecule has 72 valence electrons. The molecule has 0 saturated carbocycles. The quantitative estimate of drug-likeness (QED) is 0.666. The lowest BCUT2D eigenvalue weighted by atomic mass is 10.3. The summed E-state index contributed by atoms with van der Waals surface area (Å²) in [7, 11) is 0. The van der Waals surface area contributed by atoms with Gasteiger partial charge in [0.25, 0.3) is 0 Å². The van der Waals surface area contributed by atoms with Crippen molar-refractivity contribution in [3.63, 3.8) is 0 Å². The summed E-state index contributed by atoms with van der Waals surface area (Å²) in [5.41, 5.74) is -0.996. The van der Waals surface area contributed by atoms with Gasteiger partial charge < -0.3 is 0 Å². The van der Waals surface area contributed by atoms with E-state index in [-0.39, 0.29) is 11.0 Å². The van der Waals surface area contributed by atoms with Gasteiger partial charge >= 0.3 is 6.18 Å². The minimum atomic E-state index is -4.46. The van der Waals surface area contributed by atoms with Gasteiger partial charge in [0.05, 0.1) is 0 Å². The van der Waals surface area contributed by atoms with Gasteiger partial charge in [-0.15, -0.1) is 0 Å². The van der Waals surface area contributed by atoms with E-state index >= 15 is 0 Å². The van der Waals surface area contributed by atoms with Crippen LogP contribution in [0.1, 0.15) is 18.4 Å². The molecule has 1 aromatic rings. The standard InChI is InChI=1S/C7H6ClF3N2/c1-2-6-12-4(7(9,10)11)3-5(8)13-6/h3H,2H2,1H3. The van der Waals surface area contributed by atoms with E-state index in [1.54, 1.807) is 6.92 Å². The molecule has 1 heterocycles. The summed E-state index contributed by atoms with van der Waals surface area (Å²) in [4.78, 5) is 6.92. The number of nitrogens with zero attached hydrogens (tertiary/aromatic N) is 2. The van der Waals surface area contributed by atoms with E-state index in [2.05, 4.69) is 9.97 Å². The summed E-state index contributed by atoms with van der Waals surface area (Å²) in [6, 6.07) is 0.709. The second-order valence-corrected chi connectivity index (χ2v) is 2.73. The van der Waals surface area contributed by atoms with Crippen LogP contribution < -0.4 is 0 Å². The third kappa shape index (κ3) is 2.55. The molecule has 6 heteroatoms. The molecule has 1 aromatic heterocycles. The highest BCUT2D eigenvalue weighted by Gasteiger charge is 2.33. The van der Waals surface area contributed by atoms with Gasteiger partial charge in [0.1, 0.15) is 16.7 Å². The second kappa shape index (κ2) is 3.49. The fourth-order valence-corrected chi connectivity index (χ4v) is 0.969. The summed E-state index contributed by atoms with van der Waals surface area (Å²) in [6.45, 7) is 1.66. The molecule has 0 aliphatic heterocycles. The van der Waals surface area contributed by atoms with Gasteiger partial charge in [-0.05, 0) is 0 Å². The minimum absolute atomic E-state index is 0.0971. The summed E-state index contributed by atoms with van der Waals surface area (Å²) >= 11 is 5.38. The van der Waals surface area contributed by atoms with Crippen LogP contribution in [-0.2, 0) is 12.6 Å². The Hall–Kier alpha value is -0.840. The third-order valence-electron chi connectivity index (χ3n) is 1.35. The molecule has 0 saturated heterocycles. The van der Waals surface area contributed by atoms with Crippen LogP contribution in [-0.4, -0.2) is 9.97 Å². The Morgan fingerprint density at radius 2 is 2.00 bits per heavy atom. The Labute approximate surface area is 77.8 Å². The molecule has 0 bridgehead atoms. The molecule has 1 rings (SSSR count). The molecule has 0 radical (unpaired) electrons. The maximum atomic E-state index is 12.1. The molecule has 0 spiro atoms. The molecule has 0 amide bonds. The van der Waals surface area contributed by atoms with Gasteiger partial charge in [-0.2, -0.15) is 13.2 Å². The molecule has 0 atom stereocenters. The number of alkyl halides is 3. The van der Waals surface area contributed by atoms with Crippen LogP contribution in [0, 0.1) is 0 Å². The molecule has 0 aliphatic carbocycles. The first-order valence-corrected chi connectivity index (χ1v) is 3.92. The highest BCUT2D eigenvalue weighted by Crippen LogP contribution is 2.28. The number of aromatic nitrogens is 2. The van der Waals surface area contributed by atoms with Gasteiger partial charge in [-0.25, -0.2) is 9.97 Å². The van der Waals surface area contributed by atoms with Crippen LogP contribution in [0.15, 0.2) is 6.07 Å². The molecule has 13 heavy (non-hydrogen) atoms. The zero-order valence-electron chi connectivity index (χ0n) is 6.69. The lowest BCUT2D eigenvalue weighted by Gasteiger charge is -2.06. The average molecular weight is 211 g/mol. The topological polar surface area (TPSA) is 25.8 Å². The van der Waals surface area contributed by atoms with Crippen LogP contribution in [0.3, 0.4) is 0 Å². The van der Waals surface area contributed by atoms with E-state index in [4.69, 9.17) is 11.6 Å². The Balaban J connectivity index is 3.16. The van der Waals surface area contributed by atoms with Crippen LogP contribution >= 0.6 is 11.6 Å². The second-order valence-electron chi connectivity index (χ2n) is 2.34. The van der Waals surface area contributed by atoms with E-state index in [1.807, 2.05) is 0 Å². The summed E-state index contributed by atoms with van der Waals surface area (Å²) < 4.78 is 36.4. The van der Waals surface area contributed by atoms with Crippen LogP contribution in [0.25, 0.3) is 0 Å². The third-order valence-corrected chi connectivity index (χ3v) is 1.54. The smallest absolute Gasteiger partial charge is 0.228 e. The van der Waals surface area contributed by atoms with Crippen LogP contribution in [0.2, 0.25) is 5.15 Å².